The summed E-state index contributed by atoms with van der Waals surface area (Å²) in [5, 5.41) is 0. The molecule has 2 nitrogen and oxygen atoms in total. The highest BCUT2D eigenvalue weighted by molar-refractivity contribution is 5.83. The Kier molecular flexibility index (Phi) is 2.09. The molecule has 0 aromatic heterocycles. The Hall–Kier alpha value is -0.530. The fourth-order valence-electron chi connectivity index (χ4n) is 1.18. The van der Waals surface area contributed by atoms with Crippen molar-refractivity contribution in [3.05, 3.63) is 0 Å². The zero-order valence-electron chi connectivity index (χ0n) is 6.22. The highest BCUT2D eigenvalue weighted by Gasteiger charge is 2.12. The molecule has 1 saturated heterocycles. The van der Waals surface area contributed by atoms with E-state index in [1.807, 2.05) is 0 Å². The van der Waals surface area contributed by atoms with Crippen LogP contribution in [0.4, 0.5) is 0 Å². The number of aliphatic imine (C=N–C) groups is 1. The zero-order valence-corrected chi connectivity index (χ0v) is 6.22. The van der Waals surface area contributed by atoms with Crippen LogP contribution in [0, 0.1) is 0 Å². The van der Waals surface area contributed by atoms with Gasteiger partial charge in [0, 0.05) is 26.6 Å². The van der Waals surface area contributed by atoms with E-state index in [1.54, 1.807) is 0 Å². The SMILES string of the molecule is CCN=C1CCCN1C. The minimum absolute atomic E-state index is 0.930. The van der Waals surface area contributed by atoms with Gasteiger partial charge in [-0.2, -0.15) is 0 Å². The Morgan fingerprint density at radius 2 is 2.44 bits per heavy atom. The van der Waals surface area contributed by atoms with Gasteiger partial charge >= 0.3 is 0 Å². The van der Waals surface area contributed by atoms with Crippen molar-refractivity contribution in [1.82, 2.24) is 4.90 Å². The normalized spacial score (nSPS) is 23.8. The highest BCUT2D eigenvalue weighted by atomic mass is 15.2. The zero-order chi connectivity index (χ0) is 6.69. The standard InChI is InChI=1S/C7H14N2/c1-3-8-7-5-4-6-9(7)2/h3-6H2,1-2H3. The van der Waals surface area contributed by atoms with Crippen LogP contribution in [0.25, 0.3) is 0 Å². The molecule has 0 aliphatic carbocycles. The molecule has 0 radical (unpaired) electrons. The summed E-state index contributed by atoms with van der Waals surface area (Å²) in [5.41, 5.74) is 0. The lowest BCUT2D eigenvalue weighted by atomic mass is 10.4. The molecule has 9 heavy (non-hydrogen) atoms. The summed E-state index contributed by atoms with van der Waals surface area (Å²) >= 11 is 0. The first kappa shape index (κ1) is 6.59. The van der Waals surface area contributed by atoms with Crippen molar-refractivity contribution in [3.8, 4) is 0 Å². The lowest BCUT2D eigenvalue weighted by Gasteiger charge is -2.09. The molecule has 0 aromatic rings. The van der Waals surface area contributed by atoms with Gasteiger partial charge < -0.3 is 4.90 Å². The molecule has 0 bridgehead atoms. The Labute approximate surface area is 56.6 Å². The quantitative estimate of drug-likeness (QED) is 0.514. The van der Waals surface area contributed by atoms with Crippen LogP contribution in [0.3, 0.4) is 0 Å². The Bertz CT molecular complexity index is 118. The highest BCUT2D eigenvalue weighted by Crippen LogP contribution is 2.07. The smallest absolute Gasteiger partial charge is 0.0986 e. The van der Waals surface area contributed by atoms with Gasteiger partial charge in [0.05, 0.1) is 5.84 Å². The monoisotopic (exact) mass is 126 g/mol. The molecule has 0 amide bonds. The summed E-state index contributed by atoms with van der Waals surface area (Å²) in [5.74, 6) is 1.29. The van der Waals surface area contributed by atoms with Crippen LogP contribution in [-0.2, 0) is 0 Å². The van der Waals surface area contributed by atoms with E-state index < -0.39 is 0 Å². The molecule has 0 saturated carbocycles. The van der Waals surface area contributed by atoms with Gasteiger partial charge in [0.2, 0.25) is 0 Å². The van der Waals surface area contributed by atoms with Gasteiger partial charge in [0.25, 0.3) is 0 Å². The first-order valence-electron chi connectivity index (χ1n) is 3.59. The molecule has 0 aromatic carbocycles. The van der Waals surface area contributed by atoms with E-state index in [2.05, 4.69) is 23.9 Å². The predicted molar refractivity (Wildman–Crippen MR) is 39.8 cm³/mol. The number of hydrogen-bond acceptors (Lipinski definition) is 1. The van der Waals surface area contributed by atoms with Crippen molar-refractivity contribution < 1.29 is 0 Å². The van der Waals surface area contributed by atoms with Crippen LogP contribution in [0.1, 0.15) is 19.8 Å². The van der Waals surface area contributed by atoms with Crippen LogP contribution >= 0.6 is 0 Å². The van der Waals surface area contributed by atoms with Crippen LogP contribution in [0.2, 0.25) is 0 Å². The van der Waals surface area contributed by atoms with Crippen molar-refractivity contribution in [1.29, 1.82) is 0 Å². The summed E-state index contributed by atoms with van der Waals surface area (Å²) in [4.78, 5) is 6.59. The second kappa shape index (κ2) is 2.85. The maximum Gasteiger partial charge on any atom is 0.0986 e. The third-order valence-corrected chi connectivity index (χ3v) is 1.68. The molecular weight excluding hydrogens is 112 g/mol. The summed E-state index contributed by atoms with van der Waals surface area (Å²) in [6.45, 7) is 4.21. The molecular formula is C7H14N2. The van der Waals surface area contributed by atoms with Gasteiger partial charge in [0.1, 0.15) is 0 Å². The van der Waals surface area contributed by atoms with Gasteiger partial charge in [-0.05, 0) is 13.3 Å². The van der Waals surface area contributed by atoms with E-state index in [9.17, 15) is 0 Å². The molecule has 0 atom stereocenters. The van der Waals surface area contributed by atoms with Gasteiger partial charge in [-0.25, -0.2) is 0 Å². The summed E-state index contributed by atoms with van der Waals surface area (Å²) < 4.78 is 0. The summed E-state index contributed by atoms with van der Waals surface area (Å²) in [6, 6.07) is 0. The third-order valence-electron chi connectivity index (χ3n) is 1.68. The molecule has 2 heteroatoms. The molecule has 1 fully saturated rings. The van der Waals surface area contributed by atoms with Crippen LogP contribution in [0.5, 0.6) is 0 Å². The Morgan fingerprint density at radius 3 is 2.89 bits per heavy atom. The van der Waals surface area contributed by atoms with E-state index in [0.29, 0.717) is 0 Å². The molecule has 0 N–H and O–H groups in total. The molecule has 1 aliphatic rings. The molecule has 1 rings (SSSR count). The molecule has 0 spiro atoms. The van der Waals surface area contributed by atoms with E-state index in [1.165, 1.54) is 25.2 Å². The fraction of sp³-hybridized carbons (Fsp3) is 0.857. The number of hydrogen-bond donors (Lipinski definition) is 0. The summed E-state index contributed by atoms with van der Waals surface area (Å²) in [6.07, 6.45) is 2.47. The first-order valence-corrected chi connectivity index (χ1v) is 3.59. The van der Waals surface area contributed by atoms with E-state index in [-0.39, 0.29) is 0 Å². The van der Waals surface area contributed by atoms with Crippen molar-refractivity contribution >= 4 is 5.84 Å². The number of likely N-dealkylation sites (tertiary alicyclic amines) is 1. The van der Waals surface area contributed by atoms with Crippen LogP contribution < -0.4 is 0 Å². The molecule has 0 unspecified atom stereocenters. The lowest BCUT2D eigenvalue weighted by molar-refractivity contribution is 0.548. The maximum atomic E-state index is 4.35. The molecule has 52 valence electrons. The largest absolute Gasteiger partial charge is 0.363 e. The average molecular weight is 126 g/mol. The maximum absolute atomic E-state index is 4.35. The van der Waals surface area contributed by atoms with Crippen LogP contribution in [0.15, 0.2) is 4.99 Å². The summed E-state index contributed by atoms with van der Waals surface area (Å²) in [7, 11) is 2.11. The average Bonchev–Trinajstić information content (AvgIpc) is 2.18. The van der Waals surface area contributed by atoms with Gasteiger partial charge in [-0.1, -0.05) is 0 Å². The van der Waals surface area contributed by atoms with Crippen molar-refractivity contribution in [2.45, 2.75) is 19.8 Å². The molecule has 1 aliphatic heterocycles. The first-order chi connectivity index (χ1) is 4.34. The Balaban J connectivity index is 2.48. The predicted octanol–water partition coefficient (Wildman–Crippen LogP) is 1.13. The van der Waals surface area contributed by atoms with Crippen molar-refractivity contribution in [2.75, 3.05) is 20.1 Å². The van der Waals surface area contributed by atoms with Gasteiger partial charge in [0.15, 0.2) is 0 Å². The lowest BCUT2D eigenvalue weighted by Crippen LogP contribution is -2.18. The third kappa shape index (κ3) is 1.44. The van der Waals surface area contributed by atoms with Crippen molar-refractivity contribution in [2.24, 2.45) is 4.99 Å². The minimum Gasteiger partial charge on any atom is -0.363 e. The number of rotatable bonds is 1. The van der Waals surface area contributed by atoms with Gasteiger partial charge in [-0.15, -0.1) is 0 Å². The van der Waals surface area contributed by atoms with Gasteiger partial charge in [-0.3, -0.25) is 4.99 Å². The topological polar surface area (TPSA) is 15.6 Å². The van der Waals surface area contributed by atoms with E-state index >= 15 is 0 Å². The second-order valence-corrected chi connectivity index (χ2v) is 2.42. The number of amidine groups is 1. The number of nitrogens with zero attached hydrogens (tertiary/aromatic N) is 2. The van der Waals surface area contributed by atoms with Crippen molar-refractivity contribution in [3.63, 3.8) is 0 Å². The minimum atomic E-state index is 0.930. The van der Waals surface area contributed by atoms with Crippen LogP contribution in [-0.4, -0.2) is 30.9 Å². The van der Waals surface area contributed by atoms with E-state index in [0.717, 1.165) is 6.54 Å². The molecule has 1 heterocycles. The van der Waals surface area contributed by atoms with E-state index in [4.69, 9.17) is 0 Å². The fourth-order valence-corrected chi connectivity index (χ4v) is 1.18. The Morgan fingerprint density at radius 1 is 1.67 bits per heavy atom. The second-order valence-electron chi connectivity index (χ2n) is 2.42.